The Morgan fingerprint density at radius 2 is 1.47 bits per heavy atom. The first kappa shape index (κ1) is 21.8. The Hall–Kier alpha value is -3.43. The van der Waals surface area contributed by atoms with Crippen LogP contribution in [-0.2, 0) is 20.2 Å². The van der Waals surface area contributed by atoms with Crippen LogP contribution >= 0.6 is 7.14 Å². The topological polar surface area (TPSA) is 69.7 Å². The number of carbonyl (C=O) groups excluding carboxylic acids is 2. The van der Waals surface area contributed by atoms with Crippen molar-refractivity contribution in [2.45, 2.75) is 13.1 Å². The predicted molar refractivity (Wildman–Crippen MR) is 126 cm³/mol. The molecule has 0 bridgehead atoms. The second-order valence-electron chi connectivity index (χ2n) is 7.67. The Kier molecular flexibility index (Phi) is 5.86. The Morgan fingerprint density at radius 1 is 0.875 bits per heavy atom. The quantitative estimate of drug-likeness (QED) is 0.383. The van der Waals surface area contributed by atoms with Gasteiger partial charge in [0.1, 0.15) is 7.14 Å². The zero-order chi connectivity index (χ0) is 22.9. The van der Waals surface area contributed by atoms with Crippen LogP contribution < -0.4 is 5.30 Å². The fourth-order valence-corrected chi connectivity index (χ4v) is 7.43. The van der Waals surface area contributed by atoms with E-state index in [1.165, 1.54) is 14.2 Å². The van der Waals surface area contributed by atoms with Gasteiger partial charge in [-0.05, 0) is 41.1 Å². The number of allylic oxidation sites excluding steroid dienone is 1. The molecule has 0 saturated carbocycles. The number of rotatable bonds is 5. The average Bonchev–Trinajstić information content (AvgIpc) is 3.07. The highest BCUT2D eigenvalue weighted by atomic mass is 31.2. The van der Waals surface area contributed by atoms with Crippen LogP contribution in [0.1, 0.15) is 38.8 Å². The third kappa shape index (κ3) is 3.69. The largest absolute Gasteiger partial charge is 0.465 e. The molecule has 5 nitrogen and oxygen atoms in total. The normalized spacial score (nSPS) is 16.8. The van der Waals surface area contributed by atoms with Gasteiger partial charge in [0.15, 0.2) is 0 Å². The molecule has 3 aromatic rings. The molecule has 32 heavy (non-hydrogen) atoms. The lowest BCUT2D eigenvalue weighted by Crippen LogP contribution is -2.21. The van der Waals surface area contributed by atoms with Crippen molar-refractivity contribution in [2.24, 2.45) is 0 Å². The van der Waals surface area contributed by atoms with Gasteiger partial charge in [0.05, 0.1) is 25.3 Å². The SMILES string of the molecule is COC(=O)c1cc2c(c(-c3ccccc3)c1C(=O)OC)P(=O)(Cc1ccccc1)C=C2C. The summed E-state index contributed by atoms with van der Waals surface area (Å²) in [7, 11) is -0.571. The molecule has 3 aromatic carbocycles. The van der Waals surface area contributed by atoms with E-state index in [0.717, 1.165) is 11.1 Å². The molecule has 0 aliphatic carbocycles. The van der Waals surface area contributed by atoms with Crippen LogP contribution in [0.5, 0.6) is 0 Å². The highest BCUT2D eigenvalue weighted by Crippen LogP contribution is 2.59. The maximum atomic E-state index is 14.5. The molecule has 162 valence electrons. The van der Waals surface area contributed by atoms with Crippen LogP contribution in [0.2, 0.25) is 0 Å². The summed E-state index contributed by atoms with van der Waals surface area (Å²) in [5.74, 6) is 0.463. The summed E-state index contributed by atoms with van der Waals surface area (Å²) in [5.41, 5.74) is 3.74. The van der Waals surface area contributed by atoms with Gasteiger partial charge < -0.3 is 14.0 Å². The van der Waals surface area contributed by atoms with E-state index in [9.17, 15) is 14.2 Å². The number of hydrogen-bond donors (Lipinski definition) is 0. The second-order valence-corrected chi connectivity index (χ2v) is 10.3. The molecule has 4 rings (SSSR count). The molecule has 0 N–H and O–H groups in total. The minimum absolute atomic E-state index is 0.0701. The maximum Gasteiger partial charge on any atom is 0.339 e. The van der Waals surface area contributed by atoms with Crippen LogP contribution in [0, 0.1) is 0 Å². The third-order valence-electron chi connectivity index (χ3n) is 5.62. The van der Waals surface area contributed by atoms with E-state index in [1.54, 1.807) is 11.9 Å². The lowest BCUT2D eigenvalue weighted by atomic mass is 9.91. The first-order valence-electron chi connectivity index (χ1n) is 10.2. The van der Waals surface area contributed by atoms with Crippen LogP contribution in [-0.4, -0.2) is 26.2 Å². The summed E-state index contributed by atoms with van der Waals surface area (Å²) in [5, 5.41) is 0.582. The standard InChI is InChI=1S/C26H23O5P/c1-17-15-32(29,16-18-10-6-4-7-11-18)24-20(17)14-21(25(27)30-2)23(26(28)31-3)22(24)19-12-8-5-9-13-19/h4-15H,16H2,1-3H3. The van der Waals surface area contributed by atoms with E-state index in [1.807, 2.05) is 67.6 Å². The van der Waals surface area contributed by atoms with Gasteiger partial charge in [0, 0.05) is 17.0 Å². The maximum absolute atomic E-state index is 14.5. The monoisotopic (exact) mass is 446 g/mol. The third-order valence-corrected chi connectivity index (χ3v) is 8.48. The molecule has 1 aliphatic rings. The fraction of sp³-hybridized carbons (Fsp3) is 0.154. The summed E-state index contributed by atoms with van der Waals surface area (Å²) in [6.45, 7) is 1.87. The molecular weight excluding hydrogens is 423 g/mol. The van der Waals surface area contributed by atoms with Crippen LogP contribution in [0.15, 0.2) is 72.5 Å². The zero-order valence-corrected chi connectivity index (χ0v) is 19.0. The van der Waals surface area contributed by atoms with Gasteiger partial charge in [-0.3, -0.25) is 0 Å². The summed E-state index contributed by atoms with van der Waals surface area (Å²) in [6.07, 6.45) is 0.316. The molecule has 0 spiro atoms. The average molecular weight is 446 g/mol. The summed E-state index contributed by atoms with van der Waals surface area (Å²) < 4.78 is 24.5. The van der Waals surface area contributed by atoms with Crippen molar-refractivity contribution < 1.29 is 23.6 Å². The Morgan fingerprint density at radius 3 is 2.06 bits per heavy atom. The number of ether oxygens (including phenoxy) is 2. The molecule has 6 heteroatoms. The molecular formula is C26H23O5P. The van der Waals surface area contributed by atoms with Crippen molar-refractivity contribution in [3.63, 3.8) is 0 Å². The number of fused-ring (bicyclic) bond motifs is 1. The predicted octanol–water partition coefficient (Wildman–Crippen LogP) is 5.49. The number of hydrogen-bond acceptors (Lipinski definition) is 5. The first-order valence-corrected chi connectivity index (χ1v) is 12.1. The minimum Gasteiger partial charge on any atom is -0.465 e. The Bertz CT molecular complexity index is 1280. The molecule has 1 aliphatic heterocycles. The van der Waals surface area contributed by atoms with Gasteiger partial charge in [-0.15, -0.1) is 0 Å². The van der Waals surface area contributed by atoms with Gasteiger partial charge >= 0.3 is 11.9 Å². The van der Waals surface area contributed by atoms with E-state index in [2.05, 4.69) is 0 Å². The molecule has 1 unspecified atom stereocenters. The van der Waals surface area contributed by atoms with E-state index in [-0.39, 0.29) is 11.1 Å². The number of methoxy groups -OCH3 is 2. The molecule has 0 radical (unpaired) electrons. The van der Waals surface area contributed by atoms with E-state index < -0.39 is 19.1 Å². The molecule has 0 fully saturated rings. The summed E-state index contributed by atoms with van der Waals surface area (Å²) in [6, 6.07) is 20.4. The molecule has 1 heterocycles. The van der Waals surface area contributed by atoms with Crippen molar-refractivity contribution in [2.75, 3.05) is 14.2 Å². The number of esters is 2. The Balaban J connectivity index is 2.09. The summed E-state index contributed by atoms with van der Waals surface area (Å²) in [4.78, 5) is 25.6. The number of carbonyl (C=O) groups is 2. The van der Waals surface area contributed by atoms with E-state index >= 15 is 0 Å². The van der Waals surface area contributed by atoms with Crippen LogP contribution in [0.4, 0.5) is 0 Å². The zero-order valence-electron chi connectivity index (χ0n) is 18.1. The minimum atomic E-state index is -3.10. The first-order chi connectivity index (χ1) is 15.4. The van der Waals surface area contributed by atoms with E-state index in [0.29, 0.717) is 28.2 Å². The Labute approximate surface area is 187 Å². The molecule has 0 aromatic heterocycles. The molecule has 1 atom stereocenters. The number of benzene rings is 3. The smallest absolute Gasteiger partial charge is 0.339 e. The van der Waals surface area contributed by atoms with Crippen molar-refractivity contribution >= 4 is 30.0 Å². The lowest BCUT2D eigenvalue weighted by Gasteiger charge is -2.21. The van der Waals surface area contributed by atoms with Crippen molar-refractivity contribution in [1.82, 2.24) is 0 Å². The van der Waals surface area contributed by atoms with Gasteiger partial charge in [-0.25, -0.2) is 9.59 Å². The van der Waals surface area contributed by atoms with Crippen LogP contribution in [0.3, 0.4) is 0 Å². The highest BCUT2D eigenvalue weighted by Gasteiger charge is 2.39. The lowest BCUT2D eigenvalue weighted by molar-refractivity contribution is 0.0556. The van der Waals surface area contributed by atoms with Crippen molar-refractivity contribution in [1.29, 1.82) is 0 Å². The van der Waals surface area contributed by atoms with Crippen LogP contribution in [0.25, 0.3) is 16.7 Å². The van der Waals surface area contributed by atoms with Crippen molar-refractivity contribution in [3.05, 3.63) is 94.8 Å². The van der Waals surface area contributed by atoms with Gasteiger partial charge in [-0.2, -0.15) is 0 Å². The highest BCUT2D eigenvalue weighted by molar-refractivity contribution is 7.75. The van der Waals surface area contributed by atoms with Gasteiger partial charge in [0.2, 0.25) is 0 Å². The van der Waals surface area contributed by atoms with Gasteiger partial charge in [0.25, 0.3) is 0 Å². The fourth-order valence-electron chi connectivity index (χ4n) is 4.26. The van der Waals surface area contributed by atoms with E-state index in [4.69, 9.17) is 9.47 Å². The van der Waals surface area contributed by atoms with Crippen molar-refractivity contribution in [3.8, 4) is 11.1 Å². The second kappa shape index (κ2) is 8.60. The molecule has 0 saturated heterocycles. The summed E-state index contributed by atoms with van der Waals surface area (Å²) >= 11 is 0. The van der Waals surface area contributed by atoms with Gasteiger partial charge in [-0.1, -0.05) is 60.7 Å². The molecule has 0 amide bonds.